The number of ether oxygens (including phenoxy) is 1. The first kappa shape index (κ1) is 16.4. The molecule has 2 heteroatoms. The molecular weight excluding hydrogens is 258 g/mol. The molecule has 118 valence electrons. The van der Waals surface area contributed by atoms with Gasteiger partial charge in [0.1, 0.15) is 5.75 Å². The molecular formula is C19H31NO. The van der Waals surface area contributed by atoms with Crippen LogP contribution in [0.1, 0.15) is 64.9 Å². The Labute approximate surface area is 130 Å². The summed E-state index contributed by atoms with van der Waals surface area (Å²) in [6.45, 7) is 9.98. The average Bonchev–Trinajstić information content (AvgIpc) is 2.45. The molecule has 0 amide bonds. The monoisotopic (exact) mass is 289 g/mol. The third-order valence-corrected chi connectivity index (χ3v) is 4.91. The highest BCUT2D eigenvalue weighted by Crippen LogP contribution is 2.43. The molecule has 0 saturated heterocycles. The lowest BCUT2D eigenvalue weighted by Crippen LogP contribution is -2.38. The molecule has 3 unspecified atom stereocenters. The van der Waals surface area contributed by atoms with Gasteiger partial charge in [-0.15, -0.1) is 0 Å². The van der Waals surface area contributed by atoms with Crippen molar-refractivity contribution in [2.45, 2.75) is 65.3 Å². The fourth-order valence-corrected chi connectivity index (χ4v) is 3.39. The summed E-state index contributed by atoms with van der Waals surface area (Å²) in [6.07, 6.45) is 4.65. The predicted molar refractivity (Wildman–Crippen MR) is 89.7 cm³/mol. The standard InChI is InChI=1S/C19H31NO/c1-5-12-21-16-9-6-14(7-10-16)17-13-15(19(2,3)4)8-11-18(17)20/h6-7,9-10,15,17-18H,5,8,11-13,20H2,1-4H3. The molecule has 1 aliphatic rings. The highest BCUT2D eigenvalue weighted by molar-refractivity contribution is 5.30. The van der Waals surface area contributed by atoms with Gasteiger partial charge in [0.05, 0.1) is 6.61 Å². The zero-order valence-electron chi connectivity index (χ0n) is 14.1. The molecule has 0 aliphatic heterocycles. The molecule has 1 saturated carbocycles. The van der Waals surface area contributed by atoms with Crippen LogP contribution in [0, 0.1) is 11.3 Å². The van der Waals surface area contributed by atoms with Gasteiger partial charge in [0.25, 0.3) is 0 Å². The van der Waals surface area contributed by atoms with Gasteiger partial charge in [0.15, 0.2) is 0 Å². The van der Waals surface area contributed by atoms with Crippen LogP contribution in [0.4, 0.5) is 0 Å². The van der Waals surface area contributed by atoms with Gasteiger partial charge in [-0.3, -0.25) is 0 Å². The van der Waals surface area contributed by atoms with Gasteiger partial charge < -0.3 is 10.5 Å². The molecule has 0 bridgehead atoms. The van der Waals surface area contributed by atoms with Crippen molar-refractivity contribution < 1.29 is 4.74 Å². The van der Waals surface area contributed by atoms with Crippen molar-refractivity contribution in [1.82, 2.24) is 0 Å². The molecule has 1 aliphatic carbocycles. The summed E-state index contributed by atoms with van der Waals surface area (Å²) in [5.41, 5.74) is 8.16. The molecule has 1 aromatic carbocycles. The van der Waals surface area contributed by atoms with Gasteiger partial charge in [0.2, 0.25) is 0 Å². The van der Waals surface area contributed by atoms with E-state index in [1.807, 2.05) is 0 Å². The number of nitrogens with two attached hydrogens (primary N) is 1. The topological polar surface area (TPSA) is 35.2 Å². The molecule has 2 N–H and O–H groups in total. The van der Waals surface area contributed by atoms with E-state index in [9.17, 15) is 0 Å². The largest absolute Gasteiger partial charge is 0.494 e. The van der Waals surface area contributed by atoms with Gasteiger partial charge in [0, 0.05) is 6.04 Å². The fourth-order valence-electron chi connectivity index (χ4n) is 3.39. The van der Waals surface area contributed by atoms with Gasteiger partial charge >= 0.3 is 0 Å². The lowest BCUT2D eigenvalue weighted by atomic mass is 9.66. The summed E-state index contributed by atoms with van der Waals surface area (Å²) in [7, 11) is 0. The highest BCUT2D eigenvalue weighted by atomic mass is 16.5. The van der Waals surface area contributed by atoms with Crippen LogP contribution < -0.4 is 10.5 Å². The molecule has 1 fully saturated rings. The van der Waals surface area contributed by atoms with E-state index in [0.29, 0.717) is 17.4 Å². The Kier molecular flexibility index (Phi) is 5.32. The third-order valence-electron chi connectivity index (χ3n) is 4.91. The van der Waals surface area contributed by atoms with E-state index in [1.165, 1.54) is 18.4 Å². The van der Waals surface area contributed by atoms with Gasteiger partial charge in [-0.1, -0.05) is 39.8 Å². The van der Waals surface area contributed by atoms with Crippen LogP contribution in [0.3, 0.4) is 0 Å². The maximum atomic E-state index is 6.40. The first-order valence-corrected chi connectivity index (χ1v) is 8.40. The van der Waals surface area contributed by atoms with E-state index < -0.39 is 0 Å². The highest BCUT2D eigenvalue weighted by Gasteiger charge is 2.34. The summed E-state index contributed by atoms with van der Waals surface area (Å²) in [5, 5.41) is 0. The number of rotatable bonds is 4. The minimum atomic E-state index is 0.297. The summed E-state index contributed by atoms with van der Waals surface area (Å²) in [4.78, 5) is 0. The van der Waals surface area contributed by atoms with E-state index in [0.717, 1.165) is 31.1 Å². The molecule has 0 spiro atoms. The van der Waals surface area contributed by atoms with Crippen molar-refractivity contribution in [2.24, 2.45) is 17.1 Å². The maximum absolute atomic E-state index is 6.40. The quantitative estimate of drug-likeness (QED) is 0.869. The van der Waals surface area contributed by atoms with Crippen molar-refractivity contribution in [3.8, 4) is 5.75 Å². The summed E-state index contributed by atoms with van der Waals surface area (Å²) in [6, 6.07) is 8.91. The number of benzene rings is 1. The van der Waals surface area contributed by atoms with Crippen LogP contribution in [0.15, 0.2) is 24.3 Å². The van der Waals surface area contributed by atoms with Crippen molar-refractivity contribution in [2.75, 3.05) is 6.61 Å². The lowest BCUT2D eigenvalue weighted by molar-refractivity contribution is 0.154. The Morgan fingerprint density at radius 2 is 1.81 bits per heavy atom. The Balaban J connectivity index is 2.08. The van der Waals surface area contributed by atoms with Crippen LogP contribution in [0.25, 0.3) is 0 Å². The Hall–Kier alpha value is -1.02. The molecule has 0 heterocycles. The fraction of sp³-hybridized carbons (Fsp3) is 0.684. The molecule has 0 aromatic heterocycles. The van der Waals surface area contributed by atoms with E-state index >= 15 is 0 Å². The minimum absolute atomic E-state index is 0.297. The van der Waals surface area contributed by atoms with E-state index in [4.69, 9.17) is 10.5 Å². The second-order valence-electron chi connectivity index (χ2n) is 7.56. The van der Waals surface area contributed by atoms with E-state index in [-0.39, 0.29) is 0 Å². The molecule has 3 atom stereocenters. The van der Waals surface area contributed by atoms with Gasteiger partial charge in [-0.05, 0) is 60.6 Å². The molecule has 0 radical (unpaired) electrons. The van der Waals surface area contributed by atoms with Crippen LogP contribution in [-0.4, -0.2) is 12.6 Å². The average molecular weight is 289 g/mol. The third kappa shape index (κ3) is 4.23. The maximum Gasteiger partial charge on any atom is 0.119 e. The Morgan fingerprint density at radius 3 is 2.38 bits per heavy atom. The van der Waals surface area contributed by atoms with E-state index in [2.05, 4.69) is 52.0 Å². The predicted octanol–water partition coefficient (Wildman–Crippen LogP) is 4.73. The molecule has 21 heavy (non-hydrogen) atoms. The van der Waals surface area contributed by atoms with Crippen LogP contribution in [0.5, 0.6) is 5.75 Å². The molecule has 2 nitrogen and oxygen atoms in total. The Bertz CT molecular complexity index is 432. The Morgan fingerprint density at radius 1 is 1.14 bits per heavy atom. The van der Waals surface area contributed by atoms with Gasteiger partial charge in [-0.2, -0.15) is 0 Å². The van der Waals surface area contributed by atoms with Crippen molar-refractivity contribution in [1.29, 1.82) is 0 Å². The smallest absolute Gasteiger partial charge is 0.119 e. The summed E-state index contributed by atoms with van der Waals surface area (Å²) >= 11 is 0. The zero-order valence-corrected chi connectivity index (χ0v) is 14.1. The van der Waals surface area contributed by atoms with Crippen molar-refractivity contribution in [3.05, 3.63) is 29.8 Å². The minimum Gasteiger partial charge on any atom is -0.494 e. The normalized spacial score (nSPS) is 26.6. The van der Waals surface area contributed by atoms with Crippen LogP contribution in [0.2, 0.25) is 0 Å². The second-order valence-corrected chi connectivity index (χ2v) is 7.56. The number of hydrogen-bond donors (Lipinski definition) is 1. The van der Waals surface area contributed by atoms with Crippen molar-refractivity contribution in [3.63, 3.8) is 0 Å². The molecule has 1 aromatic rings. The first-order valence-electron chi connectivity index (χ1n) is 8.40. The summed E-state index contributed by atoms with van der Waals surface area (Å²) < 4.78 is 5.67. The molecule has 2 rings (SSSR count). The van der Waals surface area contributed by atoms with Gasteiger partial charge in [-0.25, -0.2) is 0 Å². The second kappa shape index (κ2) is 6.83. The lowest BCUT2D eigenvalue weighted by Gasteiger charge is -2.41. The SMILES string of the molecule is CCCOc1ccc(C2CC(C(C)(C)C)CCC2N)cc1. The summed E-state index contributed by atoms with van der Waals surface area (Å²) in [5.74, 6) is 2.22. The zero-order chi connectivity index (χ0) is 15.5. The first-order chi connectivity index (χ1) is 9.91. The van der Waals surface area contributed by atoms with E-state index in [1.54, 1.807) is 0 Å². The number of hydrogen-bond acceptors (Lipinski definition) is 2. The van der Waals surface area contributed by atoms with Crippen LogP contribution in [-0.2, 0) is 0 Å². The van der Waals surface area contributed by atoms with Crippen molar-refractivity contribution >= 4 is 0 Å². The van der Waals surface area contributed by atoms with Crippen LogP contribution >= 0.6 is 0 Å².